The van der Waals surface area contributed by atoms with Gasteiger partial charge in [-0.05, 0) is 36.8 Å². The number of carbonyl (C=O) groups excluding carboxylic acids is 1. The number of para-hydroxylation sites is 1. The van der Waals surface area contributed by atoms with Crippen LogP contribution in [0.3, 0.4) is 0 Å². The molecular formula is C18H20FNO4. The molecule has 0 aromatic heterocycles. The highest BCUT2D eigenvalue weighted by Gasteiger charge is 2.11. The van der Waals surface area contributed by atoms with Crippen LogP contribution >= 0.6 is 0 Å². The number of benzene rings is 2. The third-order valence-electron chi connectivity index (χ3n) is 3.47. The van der Waals surface area contributed by atoms with E-state index < -0.39 is 5.82 Å². The van der Waals surface area contributed by atoms with Gasteiger partial charge in [0, 0.05) is 12.1 Å². The van der Waals surface area contributed by atoms with Crippen LogP contribution in [-0.2, 0) is 11.3 Å². The van der Waals surface area contributed by atoms with Crippen molar-refractivity contribution in [2.24, 2.45) is 0 Å². The van der Waals surface area contributed by atoms with Gasteiger partial charge >= 0.3 is 0 Å². The summed E-state index contributed by atoms with van der Waals surface area (Å²) in [5.41, 5.74) is 1.71. The zero-order valence-corrected chi connectivity index (χ0v) is 13.9. The summed E-state index contributed by atoms with van der Waals surface area (Å²) in [5.74, 6) is 0.545. The molecule has 0 aliphatic heterocycles. The molecule has 0 saturated heterocycles. The van der Waals surface area contributed by atoms with Gasteiger partial charge < -0.3 is 19.5 Å². The molecule has 2 aromatic carbocycles. The van der Waals surface area contributed by atoms with Crippen LogP contribution in [-0.4, -0.2) is 26.7 Å². The average molecular weight is 333 g/mol. The predicted octanol–water partition coefficient (Wildman–Crippen LogP) is 2.85. The lowest BCUT2D eigenvalue weighted by atomic mass is 10.1. The molecule has 0 saturated carbocycles. The van der Waals surface area contributed by atoms with Gasteiger partial charge in [0.25, 0.3) is 5.91 Å². The molecule has 0 atom stereocenters. The quantitative estimate of drug-likeness (QED) is 0.846. The Hall–Kier alpha value is -2.76. The second-order valence-corrected chi connectivity index (χ2v) is 5.13. The van der Waals surface area contributed by atoms with Gasteiger partial charge in [0.2, 0.25) is 0 Å². The van der Waals surface area contributed by atoms with Crippen LogP contribution in [0.4, 0.5) is 4.39 Å². The highest BCUT2D eigenvalue weighted by Crippen LogP contribution is 2.28. The Balaban J connectivity index is 1.95. The van der Waals surface area contributed by atoms with Crippen LogP contribution in [0.2, 0.25) is 0 Å². The van der Waals surface area contributed by atoms with E-state index in [-0.39, 0.29) is 24.8 Å². The average Bonchev–Trinajstić information content (AvgIpc) is 2.59. The van der Waals surface area contributed by atoms with Crippen LogP contribution in [0.1, 0.15) is 11.1 Å². The molecule has 1 amide bonds. The highest BCUT2D eigenvalue weighted by atomic mass is 19.1. The maximum atomic E-state index is 13.4. The van der Waals surface area contributed by atoms with Crippen LogP contribution in [0, 0.1) is 12.7 Å². The summed E-state index contributed by atoms with van der Waals surface area (Å²) in [6, 6.07) is 9.59. The zero-order valence-electron chi connectivity index (χ0n) is 13.9. The van der Waals surface area contributed by atoms with Gasteiger partial charge in [0.15, 0.2) is 18.2 Å². The van der Waals surface area contributed by atoms with E-state index in [4.69, 9.17) is 14.2 Å². The van der Waals surface area contributed by atoms with Gasteiger partial charge in [0.1, 0.15) is 11.5 Å². The Kier molecular flexibility index (Phi) is 6.01. The van der Waals surface area contributed by atoms with E-state index in [1.54, 1.807) is 26.4 Å². The Morgan fingerprint density at radius 1 is 1.08 bits per heavy atom. The van der Waals surface area contributed by atoms with Crippen molar-refractivity contribution in [2.75, 3.05) is 20.8 Å². The normalized spacial score (nSPS) is 10.2. The largest absolute Gasteiger partial charge is 0.496 e. The third kappa shape index (κ3) is 4.38. The number of ether oxygens (including phenoxy) is 3. The van der Waals surface area contributed by atoms with E-state index >= 15 is 0 Å². The van der Waals surface area contributed by atoms with Crippen molar-refractivity contribution in [2.45, 2.75) is 13.5 Å². The summed E-state index contributed by atoms with van der Waals surface area (Å²) in [5, 5.41) is 2.71. The van der Waals surface area contributed by atoms with E-state index in [1.165, 1.54) is 12.1 Å². The first-order valence-electron chi connectivity index (χ1n) is 7.40. The molecule has 0 aliphatic rings. The summed E-state index contributed by atoms with van der Waals surface area (Å²) in [6.07, 6.45) is 0. The maximum absolute atomic E-state index is 13.4. The monoisotopic (exact) mass is 333 g/mol. The van der Waals surface area contributed by atoms with Crippen molar-refractivity contribution in [3.63, 3.8) is 0 Å². The molecular weight excluding hydrogens is 313 g/mol. The van der Waals surface area contributed by atoms with Gasteiger partial charge in [-0.2, -0.15) is 0 Å². The smallest absolute Gasteiger partial charge is 0.258 e. The second kappa shape index (κ2) is 8.19. The number of hydrogen-bond donors (Lipinski definition) is 1. The molecule has 0 aliphatic carbocycles. The maximum Gasteiger partial charge on any atom is 0.258 e. The summed E-state index contributed by atoms with van der Waals surface area (Å²) in [6.45, 7) is 1.89. The van der Waals surface area contributed by atoms with E-state index in [9.17, 15) is 9.18 Å². The van der Waals surface area contributed by atoms with Crippen molar-refractivity contribution >= 4 is 5.91 Å². The minimum atomic E-state index is -0.504. The van der Waals surface area contributed by atoms with Crippen LogP contribution in [0.15, 0.2) is 36.4 Å². The number of aryl methyl sites for hydroxylation is 1. The predicted molar refractivity (Wildman–Crippen MR) is 88.0 cm³/mol. The molecule has 2 aromatic rings. The van der Waals surface area contributed by atoms with Gasteiger partial charge in [-0.3, -0.25) is 4.79 Å². The van der Waals surface area contributed by atoms with Crippen LogP contribution < -0.4 is 19.5 Å². The highest BCUT2D eigenvalue weighted by molar-refractivity contribution is 5.77. The molecule has 0 radical (unpaired) electrons. The standard InChI is InChI=1S/C18H20FNO4/c1-12-8-17(23-3)13(9-16(12)22-2)10-20-18(21)11-24-15-7-5-4-6-14(15)19/h4-9H,10-11H2,1-3H3,(H,20,21). The molecule has 0 heterocycles. The van der Waals surface area contributed by atoms with Crippen molar-refractivity contribution in [3.8, 4) is 17.2 Å². The number of hydrogen-bond acceptors (Lipinski definition) is 4. The first-order chi connectivity index (χ1) is 11.5. The molecule has 6 heteroatoms. The number of halogens is 1. The lowest BCUT2D eigenvalue weighted by Gasteiger charge is -2.14. The summed E-state index contributed by atoms with van der Waals surface area (Å²) < 4.78 is 29.2. The first kappa shape index (κ1) is 17.6. The number of amides is 1. The molecule has 0 spiro atoms. The van der Waals surface area contributed by atoms with Gasteiger partial charge in [-0.1, -0.05) is 12.1 Å². The zero-order chi connectivity index (χ0) is 17.5. The Morgan fingerprint density at radius 3 is 2.46 bits per heavy atom. The summed E-state index contributed by atoms with van der Waals surface area (Å²) in [7, 11) is 3.15. The van der Waals surface area contributed by atoms with E-state index in [1.807, 2.05) is 19.1 Å². The fourth-order valence-corrected chi connectivity index (χ4v) is 2.20. The van der Waals surface area contributed by atoms with Gasteiger partial charge in [-0.25, -0.2) is 4.39 Å². The molecule has 1 N–H and O–H groups in total. The van der Waals surface area contributed by atoms with Crippen molar-refractivity contribution in [1.29, 1.82) is 0 Å². The van der Waals surface area contributed by atoms with Gasteiger partial charge in [0.05, 0.1) is 14.2 Å². The molecule has 0 bridgehead atoms. The minimum absolute atomic E-state index is 0.0437. The molecule has 128 valence electrons. The molecule has 0 unspecified atom stereocenters. The van der Waals surface area contributed by atoms with Crippen molar-refractivity contribution in [1.82, 2.24) is 5.32 Å². The molecule has 0 fully saturated rings. The topological polar surface area (TPSA) is 56.8 Å². The number of methoxy groups -OCH3 is 2. The number of nitrogens with one attached hydrogen (secondary N) is 1. The van der Waals surface area contributed by atoms with Crippen LogP contribution in [0.5, 0.6) is 17.2 Å². The Labute approximate surface area is 140 Å². The van der Waals surface area contributed by atoms with Crippen LogP contribution in [0.25, 0.3) is 0 Å². The lowest BCUT2D eigenvalue weighted by Crippen LogP contribution is -2.28. The number of rotatable bonds is 7. The van der Waals surface area contributed by atoms with E-state index in [2.05, 4.69) is 5.32 Å². The van der Waals surface area contributed by atoms with E-state index in [0.29, 0.717) is 11.5 Å². The molecule has 24 heavy (non-hydrogen) atoms. The Bertz CT molecular complexity index is 718. The second-order valence-electron chi connectivity index (χ2n) is 5.13. The van der Waals surface area contributed by atoms with Gasteiger partial charge in [-0.15, -0.1) is 0 Å². The minimum Gasteiger partial charge on any atom is -0.496 e. The first-order valence-corrected chi connectivity index (χ1v) is 7.40. The summed E-state index contributed by atoms with van der Waals surface area (Å²) >= 11 is 0. The Morgan fingerprint density at radius 2 is 1.79 bits per heavy atom. The fraction of sp³-hybridized carbons (Fsp3) is 0.278. The lowest BCUT2D eigenvalue weighted by molar-refractivity contribution is -0.123. The molecule has 5 nitrogen and oxygen atoms in total. The van der Waals surface area contributed by atoms with Crippen molar-refractivity contribution < 1.29 is 23.4 Å². The van der Waals surface area contributed by atoms with E-state index in [0.717, 1.165) is 11.1 Å². The third-order valence-corrected chi connectivity index (χ3v) is 3.47. The number of carbonyl (C=O) groups is 1. The SMILES string of the molecule is COc1cc(CNC(=O)COc2ccccc2F)c(OC)cc1C. The fourth-order valence-electron chi connectivity index (χ4n) is 2.20. The van der Waals surface area contributed by atoms with Crippen molar-refractivity contribution in [3.05, 3.63) is 53.3 Å². The molecule has 2 rings (SSSR count). The summed E-state index contributed by atoms with van der Waals surface area (Å²) in [4.78, 5) is 11.9.